The van der Waals surface area contributed by atoms with Crippen LogP contribution in [0.2, 0.25) is 0 Å². The van der Waals surface area contributed by atoms with Crippen molar-refractivity contribution in [1.29, 1.82) is 0 Å². The molecule has 0 saturated carbocycles. The van der Waals surface area contributed by atoms with E-state index in [2.05, 4.69) is 4.72 Å². The minimum absolute atomic E-state index is 0.0124. The van der Waals surface area contributed by atoms with Crippen LogP contribution in [0.1, 0.15) is 27.2 Å². The first-order valence-electron chi connectivity index (χ1n) is 6.60. The molecule has 1 aromatic rings. The van der Waals surface area contributed by atoms with Gasteiger partial charge in [-0.15, -0.1) is 0 Å². The van der Waals surface area contributed by atoms with Gasteiger partial charge in [-0.3, -0.25) is 0 Å². The van der Waals surface area contributed by atoms with E-state index < -0.39 is 10.0 Å². The van der Waals surface area contributed by atoms with Crippen molar-refractivity contribution >= 4 is 10.0 Å². The summed E-state index contributed by atoms with van der Waals surface area (Å²) in [7, 11) is -3.08. The van der Waals surface area contributed by atoms with E-state index in [4.69, 9.17) is 4.74 Å². The Kier molecular flexibility index (Phi) is 10.4. The van der Waals surface area contributed by atoms with E-state index in [1.165, 1.54) is 0 Å². The molecule has 0 radical (unpaired) electrons. The lowest BCUT2D eigenvalue weighted by Crippen LogP contribution is -2.28. The summed E-state index contributed by atoms with van der Waals surface area (Å²) in [5.41, 5.74) is 0. The molecule has 0 heterocycles. The highest BCUT2D eigenvalue weighted by molar-refractivity contribution is 7.89. The monoisotopic (exact) mass is 287 g/mol. The maximum absolute atomic E-state index is 11.2. The van der Waals surface area contributed by atoms with Crippen LogP contribution in [0.25, 0.3) is 0 Å². The fourth-order valence-electron chi connectivity index (χ4n) is 1.37. The molecule has 0 aromatic heterocycles. The van der Waals surface area contributed by atoms with Crippen LogP contribution in [0, 0.1) is 0 Å². The molecule has 0 aliphatic rings. The molecule has 110 valence electrons. The first-order valence-corrected chi connectivity index (χ1v) is 8.26. The summed E-state index contributed by atoms with van der Waals surface area (Å²) in [6.45, 7) is 6.62. The quantitative estimate of drug-likeness (QED) is 0.838. The van der Waals surface area contributed by atoms with E-state index in [1.54, 1.807) is 6.92 Å². The van der Waals surface area contributed by atoms with E-state index in [0.717, 1.165) is 0 Å². The van der Waals surface area contributed by atoms with Gasteiger partial charge >= 0.3 is 0 Å². The largest absolute Gasteiger partial charge is 0.379 e. The van der Waals surface area contributed by atoms with E-state index >= 15 is 0 Å². The topological polar surface area (TPSA) is 55.4 Å². The third kappa shape index (κ3) is 11.9. The van der Waals surface area contributed by atoms with Crippen LogP contribution >= 0.6 is 0 Å². The average Bonchev–Trinajstić information content (AvgIpc) is 2.40. The molecule has 0 amide bonds. The van der Waals surface area contributed by atoms with Crippen LogP contribution in [-0.2, 0) is 14.8 Å². The molecule has 0 saturated heterocycles. The number of hydrogen-bond donors (Lipinski definition) is 1. The summed E-state index contributed by atoms with van der Waals surface area (Å²) in [5, 5.41) is 0. The zero-order valence-corrected chi connectivity index (χ0v) is 12.8. The summed E-state index contributed by atoms with van der Waals surface area (Å²) >= 11 is 0. The van der Waals surface area contributed by atoms with Crippen LogP contribution < -0.4 is 4.72 Å². The predicted octanol–water partition coefficient (Wildman–Crippen LogP) is 2.43. The molecule has 1 rings (SSSR count). The highest BCUT2D eigenvalue weighted by atomic mass is 32.2. The van der Waals surface area contributed by atoms with Crippen molar-refractivity contribution in [2.24, 2.45) is 0 Å². The third-order valence-electron chi connectivity index (χ3n) is 2.28. The van der Waals surface area contributed by atoms with E-state index in [0.29, 0.717) is 19.6 Å². The van der Waals surface area contributed by atoms with Gasteiger partial charge in [-0.05, 0) is 20.3 Å². The number of benzene rings is 1. The first kappa shape index (κ1) is 18.1. The molecule has 5 heteroatoms. The maximum atomic E-state index is 11.2. The van der Waals surface area contributed by atoms with Crippen LogP contribution in [0.15, 0.2) is 36.4 Å². The summed E-state index contributed by atoms with van der Waals surface area (Å²) in [6.07, 6.45) is 0.557. The molecule has 1 unspecified atom stereocenters. The van der Waals surface area contributed by atoms with E-state index in [9.17, 15) is 8.42 Å². The standard InChI is InChI=1S/C8H19NO3S.C6H6/c1-4-9-13(10,11)7-6-8(3)12-5-2;1-2-4-6-5-3-1/h8-9H,4-7H2,1-3H3;1-6H. The minimum atomic E-state index is -3.08. The Labute approximate surface area is 117 Å². The Hall–Kier alpha value is -0.910. The van der Waals surface area contributed by atoms with E-state index in [-0.39, 0.29) is 11.9 Å². The second-order valence-corrected chi connectivity index (χ2v) is 5.95. The second-order valence-electron chi connectivity index (χ2n) is 4.03. The molecule has 0 aliphatic heterocycles. The average molecular weight is 287 g/mol. The van der Waals surface area contributed by atoms with Gasteiger partial charge in [0, 0.05) is 13.2 Å². The van der Waals surface area contributed by atoms with Crippen molar-refractivity contribution in [2.75, 3.05) is 18.9 Å². The fourth-order valence-corrected chi connectivity index (χ4v) is 2.59. The van der Waals surface area contributed by atoms with Crippen LogP contribution in [-0.4, -0.2) is 33.4 Å². The molecule has 0 fully saturated rings. The Morgan fingerprint density at radius 2 is 1.53 bits per heavy atom. The van der Waals surface area contributed by atoms with Gasteiger partial charge < -0.3 is 4.74 Å². The smallest absolute Gasteiger partial charge is 0.211 e. The lowest BCUT2D eigenvalue weighted by atomic mass is 10.3. The zero-order valence-electron chi connectivity index (χ0n) is 12.0. The van der Waals surface area contributed by atoms with Gasteiger partial charge in [0.05, 0.1) is 11.9 Å². The highest BCUT2D eigenvalue weighted by Crippen LogP contribution is 1.99. The minimum Gasteiger partial charge on any atom is -0.379 e. The Bertz CT molecular complexity index is 366. The lowest BCUT2D eigenvalue weighted by molar-refractivity contribution is 0.0744. The Morgan fingerprint density at radius 3 is 1.89 bits per heavy atom. The highest BCUT2D eigenvalue weighted by Gasteiger charge is 2.10. The fraction of sp³-hybridized carbons (Fsp3) is 0.571. The van der Waals surface area contributed by atoms with Gasteiger partial charge in [0.15, 0.2) is 0 Å². The van der Waals surface area contributed by atoms with Crippen molar-refractivity contribution in [3.05, 3.63) is 36.4 Å². The van der Waals surface area contributed by atoms with Crippen LogP contribution in [0.5, 0.6) is 0 Å². The molecule has 0 spiro atoms. The van der Waals surface area contributed by atoms with Crippen molar-refractivity contribution < 1.29 is 13.2 Å². The molecular weight excluding hydrogens is 262 g/mol. The van der Waals surface area contributed by atoms with Gasteiger partial charge in [-0.2, -0.15) is 0 Å². The number of rotatable bonds is 7. The number of hydrogen-bond acceptors (Lipinski definition) is 3. The summed E-state index contributed by atoms with van der Waals surface area (Å²) in [6, 6.07) is 12.0. The van der Waals surface area contributed by atoms with Crippen LogP contribution in [0.4, 0.5) is 0 Å². The molecule has 19 heavy (non-hydrogen) atoms. The Morgan fingerprint density at radius 1 is 1.05 bits per heavy atom. The molecule has 1 aromatic carbocycles. The predicted molar refractivity (Wildman–Crippen MR) is 79.6 cm³/mol. The SMILES string of the molecule is CCNS(=O)(=O)CCC(C)OCC.c1ccccc1. The van der Waals surface area contributed by atoms with Crippen molar-refractivity contribution in [3.8, 4) is 0 Å². The van der Waals surface area contributed by atoms with Crippen LogP contribution in [0.3, 0.4) is 0 Å². The zero-order chi connectivity index (χ0) is 14.6. The summed E-state index contributed by atoms with van der Waals surface area (Å²) < 4.78 is 30.0. The van der Waals surface area contributed by atoms with Gasteiger partial charge in [-0.1, -0.05) is 43.3 Å². The van der Waals surface area contributed by atoms with Gasteiger partial charge in [-0.25, -0.2) is 13.1 Å². The molecule has 1 atom stereocenters. The lowest BCUT2D eigenvalue weighted by Gasteiger charge is -2.11. The maximum Gasteiger partial charge on any atom is 0.211 e. The Balaban J connectivity index is 0.000000443. The number of ether oxygens (including phenoxy) is 1. The normalized spacial score (nSPS) is 12.4. The molecular formula is C14H25NO3S. The second kappa shape index (κ2) is 11.0. The van der Waals surface area contributed by atoms with Gasteiger partial charge in [0.25, 0.3) is 0 Å². The molecule has 4 nitrogen and oxygen atoms in total. The summed E-state index contributed by atoms with van der Waals surface area (Å²) in [5.74, 6) is 0.141. The number of nitrogens with one attached hydrogen (secondary N) is 1. The van der Waals surface area contributed by atoms with E-state index in [1.807, 2.05) is 50.2 Å². The molecule has 1 N–H and O–H groups in total. The summed E-state index contributed by atoms with van der Waals surface area (Å²) in [4.78, 5) is 0. The first-order chi connectivity index (χ1) is 9.02. The third-order valence-corrected chi connectivity index (χ3v) is 3.78. The molecule has 0 bridgehead atoms. The van der Waals surface area contributed by atoms with Crippen molar-refractivity contribution in [2.45, 2.75) is 33.3 Å². The molecule has 0 aliphatic carbocycles. The van der Waals surface area contributed by atoms with Gasteiger partial charge in [0.2, 0.25) is 10.0 Å². The van der Waals surface area contributed by atoms with Gasteiger partial charge in [0.1, 0.15) is 0 Å². The number of sulfonamides is 1. The van der Waals surface area contributed by atoms with Crippen molar-refractivity contribution in [1.82, 2.24) is 4.72 Å². The van der Waals surface area contributed by atoms with Crippen molar-refractivity contribution in [3.63, 3.8) is 0 Å².